The van der Waals surface area contributed by atoms with Crippen LogP contribution in [-0.2, 0) is 16.4 Å². The third-order valence-electron chi connectivity index (χ3n) is 4.58. The molecule has 1 aromatic carbocycles. The van der Waals surface area contributed by atoms with Crippen molar-refractivity contribution in [2.45, 2.75) is 31.8 Å². The summed E-state index contributed by atoms with van der Waals surface area (Å²) in [6, 6.07) is 1.94. The van der Waals surface area contributed by atoms with Crippen molar-refractivity contribution in [2.24, 2.45) is 0 Å². The SMILES string of the molecule is CCS(=O)(=O)NC1CCN(C(=O)O)C1Cc1csc(-c2cc(F)cc(F)c2)n1. The Bertz CT molecular complexity index is 960. The number of hydrogen-bond acceptors (Lipinski definition) is 5. The lowest BCUT2D eigenvalue weighted by molar-refractivity contribution is 0.137. The van der Waals surface area contributed by atoms with Crippen molar-refractivity contribution in [1.82, 2.24) is 14.6 Å². The van der Waals surface area contributed by atoms with Gasteiger partial charge in [0.1, 0.15) is 16.6 Å². The molecule has 1 saturated heterocycles. The van der Waals surface area contributed by atoms with Gasteiger partial charge in [0.15, 0.2) is 0 Å². The zero-order chi connectivity index (χ0) is 20.5. The van der Waals surface area contributed by atoms with E-state index < -0.39 is 39.8 Å². The first-order valence-corrected chi connectivity index (χ1v) is 11.1. The van der Waals surface area contributed by atoms with Crippen LogP contribution in [0.1, 0.15) is 19.0 Å². The summed E-state index contributed by atoms with van der Waals surface area (Å²) in [5.41, 5.74) is 0.821. The third-order valence-corrected chi connectivity index (χ3v) is 6.94. The van der Waals surface area contributed by atoms with Crippen LogP contribution in [0.2, 0.25) is 0 Å². The highest BCUT2D eigenvalue weighted by molar-refractivity contribution is 7.89. The molecule has 28 heavy (non-hydrogen) atoms. The van der Waals surface area contributed by atoms with E-state index in [1.54, 1.807) is 5.38 Å². The van der Waals surface area contributed by atoms with Crippen LogP contribution >= 0.6 is 11.3 Å². The molecule has 1 amide bonds. The number of amides is 1. The van der Waals surface area contributed by atoms with Gasteiger partial charge in [0.25, 0.3) is 0 Å². The maximum absolute atomic E-state index is 13.4. The fourth-order valence-electron chi connectivity index (χ4n) is 3.22. The van der Waals surface area contributed by atoms with Crippen molar-refractivity contribution >= 4 is 27.5 Å². The Kier molecular flexibility index (Phi) is 5.96. The second-order valence-electron chi connectivity index (χ2n) is 6.47. The van der Waals surface area contributed by atoms with Crippen LogP contribution in [0.25, 0.3) is 10.6 Å². The summed E-state index contributed by atoms with van der Waals surface area (Å²) in [6.45, 7) is 1.72. The van der Waals surface area contributed by atoms with E-state index >= 15 is 0 Å². The van der Waals surface area contributed by atoms with Crippen molar-refractivity contribution in [3.8, 4) is 10.6 Å². The molecule has 2 heterocycles. The van der Waals surface area contributed by atoms with E-state index in [4.69, 9.17) is 0 Å². The molecular weight excluding hydrogens is 412 g/mol. The lowest BCUT2D eigenvalue weighted by Gasteiger charge is -2.25. The monoisotopic (exact) mass is 431 g/mol. The summed E-state index contributed by atoms with van der Waals surface area (Å²) < 4.78 is 53.3. The molecule has 2 unspecified atom stereocenters. The quantitative estimate of drug-likeness (QED) is 0.733. The van der Waals surface area contributed by atoms with Crippen LogP contribution in [0.15, 0.2) is 23.6 Å². The number of halogens is 2. The van der Waals surface area contributed by atoms with Gasteiger partial charge in [-0.3, -0.25) is 0 Å². The first-order chi connectivity index (χ1) is 13.2. The third kappa shape index (κ3) is 4.65. The van der Waals surface area contributed by atoms with E-state index in [2.05, 4.69) is 9.71 Å². The summed E-state index contributed by atoms with van der Waals surface area (Å²) in [4.78, 5) is 17.1. The van der Waals surface area contributed by atoms with Crippen molar-refractivity contribution in [2.75, 3.05) is 12.3 Å². The molecule has 1 fully saturated rings. The smallest absolute Gasteiger partial charge is 0.407 e. The number of rotatable bonds is 6. The van der Waals surface area contributed by atoms with Gasteiger partial charge in [0, 0.05) is 36.0 Å². The molecule has 2 aromatic rings. The van der Waals surface area contributed by atoms with Crippen LogP contribution in [0.3, 0.4) is 0 Å². The van der Waals surface area contributed by atoms with Gasteiger partial charge in [-0.2, -0.15) is 0 Å². The first-order valence-electron chi connectivity index (χ1n) is 8.59. The summed E-state index contributed by atoms with van der Waals surface area (Å²) in [5.74, 6) is -1.53. The highest BCUT2D eigenvalue weighted by Gasteiger charge is 2.39. The number of sulfonamides is 1. The number of likely N-dealkylation sites (tertiary alicyclic amines) is 1. The van der Waals surface area contributed by atoms with Crippen LogP contribution in [-0.4, -0.2) is 53.9 Å². The van der Waals surface area contributed by atoms with Gasteiger partial charge in [0.05, 0.1) is 17.5 Å². The molecule has 1 aliphatic rings. The van der Waals surface area contributed by atoms with Gasteiger partial charge in [-0.1, -0.05) is 0 Å². The van der Waals surface area contributed by atoms with E-state index in [0.717, 1.165) is 6.07 Å². The van der Waals surface area contributed by atoms with Crippen molar-refractivity contribution in [1.29, 1.82) is 0 Å². The minimum Gasteiger partial charge on any atom is -0.465 e. The standard InChI is InChI=1S/C17H19F2N3O4S2/c1-2-28(25,26)21-14-3-4-22(17(23)24)15(14)8-13-9-27-16(20-13)10-5-11(18)7-12(19)6-10/h5-7,9,14-15,21H,2-4,8H2,1H3,(H,23,24). The molecular formula is C17H19F2N3O4S2. The second-order valence-corrected chi connectivity index (χ2v) is 9.37. The molecule has 7 nitrogen and oxygen atoms in total. The Hall–Kier alpha value is -2.11. The number of benzene rings is 1. The zero-order valence-electron chi connectivity index (χ0n) is 14.9. The van der Waals surface area contributed by atoms with E-state index in [1.807, 2.05) is 0 Å². The number of thiazole rings is 1. The summed E-state index contributed by atoms with van der Waals surface area (Å²) in [7, 11) is -3.50. The molecule has 3 rings (SSSR count). The average molecular weight is 431 g/mol. The predicted molar refractivity (Wildman–Crippen MR) is 101 cm³/mol. The van der Waals surface area contributed by atoms with Gasteiger partial charge in [-0.05, 0) is 25.5 Å². The van der Waals surface area contributed by atoms with Crippen molar-refractivity contribution < 1.29 is 27.1 Å². The number of hydrogen-bond donors (Lipinski definition) is 2. The van der Waals surface area contributed by atoms with Crippen LogP contribution < -0.4 is 4.72 Å². The molecule has 11 heteroatoms. The minimum absolute atomic E-state index is 0.102. The molecule has 0 radical (unpaired) electrons. The maximum Gasteiger partial charge on any atom is 0.407 e. The van der Waals surface area contributed by atoms with Gasteiger partial charge in [0.2, 0.25) is 10.0 Å². The highest BCUT2D eigenvalue weighted by Crippen LogP contribution is 2.28. The average Bonchev–Trinajstić information content (AvgIpc) is 3.22. The molecule has 2 N–H and O–H groups in total. The lowest BCUT2D eigenvalue weighted by atomic mass is 10.1. The molecule has 0 saturated carbocycles. The van der Waals surface area contributed by atoms with E-state index in [1.165, 1.54) is 35.3 Å². The number of carboxylic acid groups (broad SMARTS) is 1. The van der Waals surface area contributed by atoms with E-state index in [-0.39, 0.29) is 18.7 Å². The fourth-order valence-corrected chi connectivity index (χ4v) is 4.94. The number of nitrogens with zero attached hydrogens (tertiary/aromatic N) is 2. The number of nitrogens with one attached hydrogen (secondary N) is 1. The number of carbonyl (C=O) groups is 1. The Labute approximate surface area is 165 Å². The first kappa shape index (κ1) is 20.6. The Balaban J connectivity index is 1.83. The summed E-state index contributed by atoms with van der Waals surface area (Å²) >= 11 is 1.18. The summed E-state index contributed by atoms with van der Waals surface area (Å²) in [5, 5.41) is 11.5. The predicted octanol–water partition coefficient (Wildman–Crippen LogP) is 2.69. The summed E-state index contributed by atoms with van der Waals surface area (Å²) in [6.07, 6.45) is -0.578. The Morgan fingerprint density at radius 3 is 2.64 bits per heavy atom. The van der Waals surface area contributed by atoms with Gasteiger partial charge < -0.3 is 10.0 Å². The van der Waals surface area contributed by atoms with Gasteiger partial charge in [-0.25, -0.2) is 31.7 Å². The van der Waals surface area contributed by atoms with Crippen molar-refractivity contribution in [3.63, 3.8) is 0 Å². The highest BCUT2D eigenvalue weighted by atomic mass is 32.2. The van der Waals surface area contributed by atoms with Crippen molar-refractivity contribution in [3.05, 3.63) is 40.9 Å². The largest absolute Gasteiger partial charge is 0.465 e. The van der Waals surface area contributed by atoms with Crippen LogP contribution in [0.4, 0.5) is 13.6 Å². The van der Waals surface area contributed by atoms with E-state index in [9.17, 15) is 27.1 Å². The van der Waals surface area contributed by atoms with Gasteiger partial charge >= 0.3 is 6.09 Å². The molecule has 2 atom stereocenters. The lowest BCUT2D eigenvalue weighted by Crippen LogP contribution is -2.47. The fraction of sp³-hybridized carbons (Fsp3) is 0.412. The Morgan fingerprint density at radius 1 is 1.36 bits per heavy atom. The Morgan fingerprint density at radius 2 is 2.04 bits per heavy atom. The minimum atomic E-state index is -3.50. The van der Waals surface area contributed by atoms with Crippen LogP contribution in [0, 0.1) is 11.6 Å². The molecule has 0 spiro atoms. The number of aromatic nitrogens is 1. The molecule has 152 valence electrons. The second kappa shape index (κ2) is 8.10. The zero-order valence-corrected chi connectivity index (χ0v) is 16.6. The maximum atomic E-state index is 13.4. The topological polar surface area (TPSA) is 99.6 Å². The molecule has 0 bridgehead atoms. The molecule has 0 aliphatic carbocycles. The van der Waals surface area contributed by atoms with E-state index in [0.29, 0.717) is 22.7 Å². The molecule has 1 aromatic heterocycles. The molecule has 1 aliphatic heterocycles. The van der Waals surface area contributed by atoms with Gasteiger partial charge in [-0.15, -0.1) is 11.3 Å². The normalized spacial score (nSPS) is 19.9. The van der Waals surface area contributed by atoms with Crippen LogP contribution in [0.5, 0.6) is 0 Å².